The van der Waals surface area contributed by atoms with Crippen LogP contribution in [0.15, 0.2) is 91.3 Å². The van der Waals surface area contributed by atoms with Gasteiger partial charge in [-0.1, -0.05) is 62.4 Å². The molecule has 0 saturated heterocycles. The van der Waals surface area contributed by atoms with Crippen LogP contribution < -0.4 is 0 Å². The second kappa shape index (κ2) is 6.14. The summed E-state index contributed by atoms with van der Waals surface area (Å²) in [6, 6.07) is 27.9. The zero-order valence-electron chi connectivity index (χ0n) is 17.0. The minimum Gasteiger partial charge on any atom is -0.292 e. The van der Waals surface area contributed by atoms with Crippen molar-refractivity contribution >= 4 is 11.0 Å². The maximum atomic E-state index is 5.02. The van der Waals surface area contributed by atoms with Gasteiger partial charge in [-0.3, -0.25) is 9.55 Å². The van der Waals surface area contributed by atoms with Gasteiger partial charge in [0.15, 0.2) is 0 Å². The number of fused-ring (bicyclic) bond motifs is 2. The Labute approximate surface area is 175 Å². The number of benzene rings is 3. The number of imidazole rings is 1. The third-order valence-corrected chi connectivity index (χ3v) is 6.29. The molecular formula is C27H21N3. The maximum absolute atomic E-state index is 5.02. The number of aromatic nitrogens is 3. The zero-order chi connectivity index (χ0) is 20.3. The summed E-state index contributed by atoms with van der Waals surface area (Å²) in [5.41, 5.74) is 9.41. The lowest BCUT2D eigenvalue weighted by Gasteiger charge is -2.35. The van der Waals surface area contributed by atoms with E-state index in [0.717, 1.165) is 16.9 Å². The minimum atomic E-state index is -0.123. The summed E-state index contributed by atoms with van der Waals surface area (Å²) in [5, 5.41) is 0. The van der Waals surface area contributed by atoms with Gasteiger partial charge in [-0.15, -0.1) is 0 Å². The van der Waals surface area contributed by atoms with E-state index in [1.54, 1.807) is 6.20 Å². The summed E-state index contributed by atoms with van der Waals surface area (Å²) < 4.78 is 2.32. The molecule has 1 aliphatic rings. The molecule has 30 heavy (non-hydrogen) atoms. The van der Waals surface area contributed by atoms with Crippen LogP contribution in [0.4, 0.5) is 0 Å². The lowest BCUT2D eigenvalue weighted by molar-refractivity contribution is 0.629. The molecule has 0 bridgehead atoms. The highest BCUT2D eigenvalue weighted by atomic mass is 15.1. The van der Waals surface area contributed by atoms with Crippen molar-refractivity contribution in [1.29, 1.82) is 0 Å². The Morgan fingerprint density at radius 3 is 2.37 bits per heavy atom. The van der Waals surface area contributed by atoms with Crippen LogP contribution in [0.5, 0.6) is 0 Å². The highest BCUT2D eigenvalue weighted by molar-refractivity contribution is 5.90. The molecule has 0 atom stereocenters. The van der Waals surface area contributed by atoms with E-state index in [1.165, 1.54) is 33.5 Å². The molecule has 0 fully saturated rings. The van der Waals surface area contributed by atoms with Crippen molar-refractivity contribution in [2.45, 2.75) is 19.3 Å². The first-order valence-corrected chi connectivity index (χ1v) is 10.3. The molecule has 1 aliphatic heterocycles. The van der Waals surface area contributed by atoms with Gasteiger partial charge >= 0.3 is 0 Å². The van der Waals surface area contributed by atoms with Crippen LogP contribution in [0, 0.1) is 0 Å². The van der Waals surface area contributed by atoms with Crippen LogP contribution in [-0.2, 0) is 5.41 Å². The van der Waals surface area contributed by atoms with Crippen molar-refractivity contribution < 1.29 is 0 Å². The standard InChI is InChI=1S/C27H21N3/c1-27(2)21-11-6-12-23-25(21)30(26(29-23)20-10-7-15-28-17-20)24-14-13-19(16-22(24)27)18-8-4-3-5-9-18/h3-17H,1-2H3. The molecule has 0 radical (unpaired) electrons. The summed E-state index contributed by atoms with van der Waals surface area (Å²) in [5.74, 6) is 0.940. The van der Waals surface area contributed by atoms with Gasteiger partial charge in [0, 0.05) is 23.4 Å². The number of hydrogen-bond acceptors (Lipinski definition) is 2. The molecule has 6 rings (SSSR count). The van der Waals surface area contributed by atoms with Crippen molar-refractivity contribution in [2.75, 3.05) is 0 Å². The minimum absolute atomic E-state index is 0.123. The van der Waals surface area contributed by atoms with E-state index in [9.17, 15) is 0 Å². The first kappa shape index (κ1) is 17.2. The molecule has 5 aromatic rings. The second-order valence-electron chi connectivity index (χ2n) is 8.41. The Hall–Kier alpha value is -3.72. The van der Waals surface area contributed by atoms with Gasteiger partial charge in [0.2, 0.25) is 0 Å². The largest absolute Gasteiger partial charge is 0.292 e. The van der Waals surface area contributed by atoms with Crippen molar-refractivity contribution in [3.63, 3.8) is 0 Å². The van der Waals surface area contributed by atoms with Crippen molar-refractivity contribution in [3.8, 4) is 28.2 Å². The SMILES string of the molecule is CC1(C)c2cc(-c3ccccc3)ccc2-n2c(-c3cccnc3)nc3cccc1c32. The first-order chi connectivity index (χ1) is 14.6. The predicted octanol–water partition coefficient (Wildman–Crippen LogP) is 6.39. The molecular weight excluding hydrogens is 366 g/mol. The zero-order valence-corrected chi connectivity index (χ0v) is 17.0. The normalized spacial score (nSPS) is 13.9. The van der Waals surface area contributed by atoms with Gasteiger partial charge in [-0.25, -0.2) is 4.98 Å². The first-order valence-electron chi connectivity index (χ1n) is 10.3. The summed E-state index contributed by atoms with van der Waals surface area (Å²) in [7, 11) is 0. The van der Waals surface area contributed by atoms with Gasteiger partial charge in [0.05, 0.1) is 16.7 Å². The quantitative estimate of drug-likeness (QED) is 0.351. The Kier molecular flexibility index (Phi) is 3.51. The van der Waals surface area contributed by atoms with E-state index < -0.39 is 0 Å². The predicted molar refractivity (Wildman–Crippen MR) is 122 cm³/mol. The lowest BCUT2D eigenvalue weighted by Crippen LogP contribution is -2.26. The number of para-hydroxylation sites is 1. The Morgan fingerprint density at radius 2 is 1.57 bits per heavy atom. The van der Waals surface area contributed by atoms with Crippen molar-refractivity contribution in [3.05, 3.63) is 102 Å². The molecule has 0 unspecified atom stereocenters. The van der Waals surface area contributed by atoms with Gasteiger partial charge in [0.25, 0.3) is 0 Å². The topological polar surface area (TPSA) is 30.7 Å². The summed E-state index contributed by atoms with van der Waals surface area (Å²) >= 11 is 0. The van der Waals surface area contributed by atoms with E-state index in [1.807, 2.05) is 12.3 Å². The van der Waals surface area contributed by atoms with Crippen molar-refractivity contribution in [2.24, 2.45) is 0 Å². The van der Waals surface area contributed by atoms with Gasteiger partial charge in [-0.05, 0) is 52.6 Å². The molecule has 3 aromatic carbocycles. The van der Waals surface area contributed by atoms with Gasteiger partial charge in [0.1, 0.15) is 5.82 Å². The van der Waals surface area contributed by atoms with Crippen LogP contribution in [0.25, 0.3) is 39.2 Å². The summed E-state index contributed by atoms with van der Waals surface area (Å²) in [6.07, 6.45) is 3.69. The summed E-state index contributed by atoms with van der Waals surface area (Å²) in [6.45, 7) is 4.63. The fraction of sp³-hybridized carbons (Fsp3) is 0.111. The van der Waals surface area contributed by atoms with Crippen LogP contribution in [0.2, 0.25) is 0 Å². The molecule has 0 amide bonds. The average molecular weight is 387 g/mol. The monoisotopic (exact) mass is 387 g/mol. The van der Waals surface area contributed by atoms with E-state index >= 15 is 0 Å². The third kappa shape index (κ3) is 2.32. The molecule has 3 heterocycles. The molecule has 3 heteroatoms. The van der Waals surface area contributed by atoms with E-state index in [4.69, 9.17) is 4.98 Å². The Morgan fingerprint density at radius 1 is 0.733 bits per heavy atom. The number of nitrogens with zero attached hydrogens (tertiary/aromatic N) is 3. The molecule has 144 valence electrons. The Balaban J connectivity index is 1.70. The molecule has 3 nitrogen and oxygen atoms in total. The number of rotatable bonds is 2. The third-order valence-electron chi connectivity index (χ3n) is 6.29. The van der Waals surface area contributed by atoms with Crippen molar-refractivity contribution in [1.82, 2.24) is 14.5 Å². The number of pyridine rings is 1. The molecule has 2 aromatic heterocycles. The van der Waals surface area contributed by atoms with Crippen LogP contribution >= 0.6 is 0 Å². The fourth-order valence-corrected chi connectivity index (χ4v) is 4.74. The van der Waals surface area contributed by atoms with Gasteiger partial charge in [-0.2, -0.15) is 0 Å². The van der Waals surface area contributed by atoms with Crippen LogP contribution in [0.3, 0.4) is 0 Å². The molecule has 0 aliphatic carbocycles. The fourth-order valence-electron chi connectivity index (χ4n) is 4.74. The molecule has 0 N–H and O–H groups in total. The highest BCUT2D eigenvalue weighted by Crippen LogP contribution is 2.46. The summed E-state index contributed by atoms with van der Waals surface area (Å²) in [4.78, 5) is 9.35. The lowest BCUT2D eigenvalue weighted by atomic mass is 9.74. The average Bonchev–Trinajstić information content (AvgIpc) is 3.19. The van der Waals surface area contributed by atoms with Gasteiger partial charge < -0.3 is 0 Å². The molecule has 0 spiro atoms. The smallest absolute Gasteiger partial charge is 0.147 e. The van der Waals surface area contributed by atoms with Crippen LogP contribution in [0.1, 0.15) is 25.0 Å². The van der Waals surface area contributed by atoms with E-state index in [2.05, 4.69) is 96.2 Å². The van der Waals surface area contributed by atoms with E-state index in [0.29, 0.717) is 0 Å². The molecule has 0 saturated carbocycles. The highest BCUT2D eigenvalue weighted by Gasteiger charge is 2.35. The maximum Gasteiger partial charge on any atom is 0.147 e. The Bertz CT molecular complexity index is 1400. The van der Waals surface area contributed by atoms with E-state index in [-0.39, 0.29) is 5.41 Å². The second-order valence-corrected chi connectivity index (χ2v) is 8.41. The number of hydrogen-bond donors (Lipinski definition) is 0. The van der Waals surface area contributed by atoms with Crippen LogP contribution in [-0.4, -0.2) is 14.5 Å².